The molecule has 2 aromatic rings. The Morgan fingerprint density at radius 3 is 2.76 bits per heavy atom. The van der Waals surface area contributed by atoms with Crippen molar-refractivity contribution in [2.45, 2.75) is 12.0 Å². The minimum atomic E-state index is 0.200. The monoisotopic (exact) mass is 336 g/mol. The fourth-order valence-electron chi connectivity index (χ4n) is 3.82. The van der Waals surface area contributed by atoms with Gasteiger partial charge in [-0.25, -0.2) is 15.0 Å². The summed E-state index contributed by atoms with van der Waals surface area (Å²) in [7, 11) is 2.18. The molecule has 2 saturated heterocycles. The first-order valence-corrected chi connectivity index (χ1v) is 8.41. The Bertz CT molecular complexity index is 766. The number of hydrogen-bond donors (Lipinski definition) is 0. The molecule has 0 N–H and O–H groups in total. The zero-order valence-corrected chi connectivity index (χ0v) is 14.2. The number of likely N-dealkylation sites (N-methyl/N-ethyl adjacent to an activating group) is 1. The van der Waals surface area contributed by atoms with Gasteiger partial charge < -0.3 is 9.64 Å². The van der Waals surface area contributed by atoms with Gasteiger partial charge in [-0.05, 0) is 25.6 Å². The third-order valence-corrected chi connectivity index (χ3v) is 5.15. The molecule has 0 aliphatic carbocycles. The van der Waals surface area contributed by atoms with Crippen LogP contribution in [0, 0.1) is 17.2 Å². The quantitative estimate of drug-likeness (QED) is 0.833. The van der Waals surface area contributed by atoms with E-state index in [4.69, 9.17) is 10.00 Å². The summed E-state index contributed by atoms with van der Waals surface area (Å²) >= 11 is 0. The number of ether oxygens (including phenoxy) is 1. The second kappa shape index (κ2) is 6.30. The molecule has 0 bridgehead atoms. The molecule has 4 heterocycles. The Morgan fingerprint density at radius 1 is 1.28 bits per heavy atom. The van der Waals surface area contributed by atoms with Crippen LogP contribution in [0.1, 0.15) is 12.0 Å². The number of rotatable bonds is 4. The van der Waals surface area contributed by atoms with Gasteiger partial charge in [0.05, 0.1) is 17.7 Å². The summed E-state index contributed by atoms with van der Waals surface area (Å²) in [6.07, 6.45) is 6.21. The molecule has 1 atom stereocenters. The molecular weight excluding hydrogens is 316 g/mol. The van der Waals surface area contributed by atoms with Crippen LogP contribution in [0.25, 0.3) is 0 Å². The Labute approximate surface area is 146 Å². The first-order valence-electron chi connectivity index (χ1n) is 8.41. The highest BCUT2D eigenvalue weighted by molar-refractivity contribution is 5.38. The Morgan fingerprint density at radius 2 is 2.08 bits per heavy atom. The average Bonchev–Trinajstić information content (AvgIpc) is 2.96. The lowest BCUT2D eigenvalue weighted by Gasteiger charge is -2.51. The molecule has 128 valence electrons. The highest BCUT2D eigenvalue weighted by Gasteiger charge is 2.52. The molecule has 2 fully saturated rings. The molecule has 25 heavy (non-hydrogen) atoms. The maximum absolute atomic E-state index is 8.81. The Balaban J connectivity index is 1.32. The number of hydrogen-bond acceptors (Lipinski definition) is 7. The van der Waals surface area contributed by atoms with Gasteiger partial charge in [0.2, 0.25) is 11.8 Å². The fraction of sp³-hybridized carbons (Fsp3) is 0.444. The summed E-state index contributed by atoms with van der Waals surface area (Å²) in [6, 6.07) is 7.38. The van der Waals surface area contributed by atoms with Crippen LogP contribution in [0.5, 0.6) is 5.88 Å². The smallest absolute Gasteiger partial charge is 0.225 e. The highest BCUT2D eigenvalue weighted by atomic mass is 16.5. The molecule has 7 nitrogen and oxygen atoms in total. The number of anilines is 1. The minimum Gasteiger partial charge on any atom is -0.477 e. The van der Waals surface area contributed by atoms with Gasteiger partial charge in [-0.3, -0.25) is 4.90 Å². The SMILES string of the molecule is CN1C[C@@H](COc2ccc(C#N)cn2)CC12CN(c1ncccn1)C2. The second-order valence-electron chi connectivity index (χ2n) is 6.89. The predicted octanol–water partition coefficient (Wildman–Crippen LogP) is 1.33. The fourth-order valence-corrected chi connectivity index (χ4v) is 3.82. The van der Waals surface area contributed by atoms with E-state index in [-0.39, 0.29) is 5.54 Å². The molecule has 4 rings (SSSR count). The third-order valence-electron chi connectivity index (χ3n) is 5.15. The number of aromatic nitrogens is 3. The van der Waals surface area contributed by atoms with Crippen molar-refractivity contribution in [2.75, 3.05) is 38.2 Å². The summed E-state index contributed by atoms with van der Waals surface area (Å²) in [4.78, 5) is 17.5. The van der Waals surface area contributed by atoms with Crippen molar-refractivity contribution in [1.29, 1.82) is 5.26 Å². The lowest BCUT2D eigenvalue weighted by Crippen LogP contribution is -2.67. The topological polar surface area (TPSA) is 78.2 Å². The van der Waals surface area contributed by atoms with Gasteiger partial charge in [0.1, 0.15) is 6.07 Å². The summed E-state index contributed by atoms with van der Waals surface area (Å²) in [5.74, 6) is 1.86. The highest BCUT2D eigenvalue weighted by Crippen LogP contribution is 2.40. The van der Waals surface area contributed by atoms with E-state index in [1.54, 1.807) is 30.7 Å². The normalized spacial score (nSPS) is 21.8. The van der Waals surface area contributed by atoms with Gasteiger partial charge in [0.15, 0.2) is 0 Å². The first kappa shape index (κ1) is 15.8. The lowest BCUT2D eigenvalue weighted by atomic mass is 9.85. The Hall–Kier alpha value is -2.72. The van der Waals surface area contributed by atoms with Crippen LogP contribution < -0.4 is 9.64 Å². The maximum atomic E-state index is 8.81. The summed E-state index contributed by atoms with van der Waals surface area (Å²) in [6.45, 7) is 3.57. The van der Waals surface area contributed by atoms with Crippen molar-refractivity contribution >= 4 is 5.95 Å². The molecule has 0 radical (unpaired) electrons. The van der Waals surface area contributed by atoms with E-state index >= 15 is 0 Å². The van der Waals surface area contributed by atoms with Gasteiger partial charge in [0, 0.05) is 50.2 Å². The summed E-state index contributed by atoms with van der Waals surface area (Å²) < 4.78 is 5.83. The van der Waals surface area contributed by atoms with Gasteiger partial charge in [-0.2, -0.15) is 5.26 Å². The van der Waals surface area contributed by atoms with Gasteiger partial charge in [0.25, 0.3) is 0 Å². The van der Waals surface area contributed by atoms with E-state index in [1.807, 2.05) is 6.07 Å². The molecule has 2 aromatic heterocycles. The molecule has 0 unspecified atom stereocenters. The number of likely N-dealkylation sites (tertiary alicyclic amines) is 1. The molecule has 0 saturated carbocycles. The summed E-state index contributed by atoms with van der Waals surface area (Å²) in [5, 5.41) is 8.81. The van der Waals surface area contributed by atoms with E-state index in [0.717, 1.165) is 32.0 Å². The Kier molecular flexibility index (Phi) is 3.98. The molecule has 2 aliphatic heterocycles. The molecule has 1 spiro atoms. The van der Waals surface area contributed by atoms with E-state index in [9.17, 15) is 0 Å². The zero-order valence-electron chi connectivity index (χ0n) is 14.2. The predicted molar refractivity (Wildman–Crippen MR) is 92.2 cm³/mol. The van der Waals surface area contributed by atoms with Crippen LogP contribution in [-0.2, 0) is 0 Å². The molecule has 7 heteroatoms. The van der Waals surface area contributed by atoms with Crippen LogP contribution >= 0.6 is 0 Å². The third kappa shape index (κ3) is 3.01. The molecular formula is C18H20N6O. The van der Waals surface area contributed by atoms with Gasteiger partial charge in [-0.15, -0.1) is 0 Å². The lowest BCUT2D eigenvalue weighted by molar-refractivity contribution is 0.131. The van der Waals surface area contributed by atoms with E-state index in [1.165, 1.54) is 0 Å². The second-order valence-corrected chi connectivity index (χ2v) is 6.89. The van der Waals surface area contributed by atoms with E-state index in [0.29, 0.717) is 24.0 Å². The summed E-state index contributed by atoms with van der Waals surface area (Å²) in [5.41, 5.74) is 0.746. The number of pyridine rings is 1. The van der Waals surface area contributed by atoms with Gasteiger partial charge in [-0.1, -0.05) is 0 Å². The molecule has 0 amide bonds. The van der Waals surface area contributed by atoms with Crippen molar-refractivity contribution in [2.24, 2.45) is 5.92 Å². The van der Waals surface area contributed by atoms with Gasteiger partial charge >= 0.3 is 0 Å². The van der Waals surface area contributed by atoms with Crippen LogP contribution in [0.3, 0.4) is 0 Å². The largest absolute Gasteiger partial charge is 0.477 e. The van der Waals surface area contributed by atoms with Crippen molar-refractivity contribution < 1.29 is 4.74 Å². The standard InChI is InChI=1S/C18H20N6O/c1-23-10-15(11-25-16-4-3-14(8-19)9-22-16)7-18(23)12-24(13-18)17-20-5-2-6-21-17/h2-6,9,15H,7,10-13H2,1H3/t15-/m0/s1. The van der Waals surface area contributed by atoms with Crippen molar-refractivity contribution in [3.05, 3.63) is 42.4 Å². The molecule has 2 aliphatic rings. The number of nitriles is 1. The first-order chi connectivity index (χ1) is 12.2. The van der Waals surface area contributed by atoms with Crippen molar-refractivity contribution in [1.82, 2.24) is 19.9 Å². The van der Waals surface area contributed by atoms with Crippen LogP contribution in [0.15, 0.2) is 36.8 Å². The minimum absolute atomic E-state index is 0.200. The van der Waals surface area contributed by atoms with Crippen molar-refractivity contribution in [3.63, 3.8) is 0 Å². The van der Waals surface area contributed by atoms with E-state index in [2.05, 4.69) is 37.9 Å². The van der Waals surface area contributed by atoms with Crippen LogP contribution in [0.2, 0.25) is 0 Å². The van der Waals surface area contributed by atoms with Crippen LogP contribution in [0.4, 0.5) is 5.95 Å². The van der Waals surface area contributed by atoms with E-state index < -0.39 is 0 Å². The van der Waals surface area contributed by atoms with Crippen molar-refractivity contribution in [3.8, 4) is 11.9 Å². The average molecular weight is 336 g/mol. The van der Waals surface area contributed by atoms with Crippen LogP contribution in [-0.4, -0.2) is 58.7 Å². The maximum Gasteiger partial charge on any atom is 0.225 e. The molecule has 0 aromatic carbocycles. The number of nitrogens with zero attached hydrogens (tertiary/aromatic N) is 6. The zero-order chi connectivity index (χ0) is 17.3.